The van der Waals surface area contributed by atoms with E-state index in [0.717, 1.165) is 11.8 Å². The molecule has 0 N–H and O–H groups in total. The van der Waals surface area contributed by atoms with Crippen LogP contribution >= 0.6 is 11.8 Å². The van der Waals surface area contributed by atoms with E-state index in [-0.39, 0.29) is 5.41 Å². The molecule has 70 valence electrons. The Morgan fingerprint density at radius 3 is 2.46 bits per heavy atom. The topological polar surface area (TPSA) is 17.1 Å². The Labute approximate surface area is 83.5 Å². The SMILES string of the molecule is CSc1ccccc1C(C)(C)C=O. The molecule has 0 spiro atoms. The molecule has 0 aromatic heterocycles. The maximum absolute atomic E-state index is 10.9. The first-order valence-electron chi connectivity index (χ1n) is 4.21. The lowest BCUT2D eigenvalue weighted by Crippen LogP contribution is -2.19. The van der Waals surface area contributed by atoms with Gasteiger partial charge in [-0.15, -0.1) is 11.8 Å². The summed E-state index contributed by atoms with van der Waals surface area (Å²) in [5, 5.41) is 0. The fraction of sp³-hybridized carbons (Fsp3) is 0.364. The summed E-state index contributed by atoms with van der Waals surface area (Å²) in [6.07, 6.45) is 3.03. The molecular formula is C11H14OS. The average molecular weight is 194 g/mol. The Hall–Kier alpha value is -0.760. The summed E-state index contributed by atoms with van der Waals surface area (Å²) in [6, 6.07) is 8.03. The summed E-state index contributed by atoms with van der Waals surface area (Å²) >= 11 is 1.68. The molecule has 1 aromatic carbocycles. The number of aldehydes is 1. The van der Waals surface area contributed by atoms with Crippen LogP contribution in [0.3, 0.4) is 0 Å². The molecule has 0 atom stereocenters. The fourth-order valence-corrected chi connectivity index (χ4v) is 2.01. The molecule has 0 saturated heterocycles. The second kappa shape index (κ2) is 3.97. The molecule has 0 aliphatic heterocycles. The van der Waals surface area contributed by atoms with Gasteiger partial charge in [-0.05, 0) is 31.7 Å². The standard InChI is InChI=1S/C11H14OS/c1-11(2,8-12)9-6-4-5-7-10(9)13-3/h4-8H,1-3H3. The lowest BCUT2D eigenvalue weighted by molar-refractivity contribution is -0.111. The number of benzene rings is 1. The molecule has 1 aromatic rings. The lowest BCUT2D eigenvalue weighted by Gasteiger charge is -2.20. The fourth-order valence-electron chi connectivity index (χ4n) is 1.24. The summed E-state index contributed by atoms with van der Waals surface area (Å²) in [4.78, 5) is 12.1. The van der Waals surface area contributed by atoms with Gasteiger partial charge in [0.05, 0.1) is 0 Å². The summed E-state index contributed by atoms with van der Waals surface area (Å²) in [5.74, 6) is 0. The van der Waals surface area contributed by atoms with E-state index in [2.05, 4.69) is 0 Å². The van der Waals surface area contributed by atoms with Crippen LogP contribution in [0.4, 0.5) is 0 Å². The molecule has 0 amide bonds. The van der Waals surface area contributed by atoms with Crippen LogP contribution in [0.1, 0.15) is 19.4 Å². The molecule has 1 rings (SSSR count). The summed E-state index contributed by atoms with van der Waals surface area (Å²) in [6.45, 7) is 3.88. The van der Waals surface area contributed by atoms with E-state index in [9.17, 15) is 4.79 Å². The third-order valence-corrected chi connectivity index (χ3v) is 2.89. The van der Waals surface area contributed by atoms with E-state index in [1.54, 1.807) is 11.8 Å². The zero-order valence-corrected chi connectivity index (χ0v) is 9.02. The highest BCUT2D eigenvalue weighted by molar-refractivity contribution is 7.98. The van der Waals surface area contributed by atoms with Crippen LogP contribution in [0.25, 0.3) is 0 Å². The van der Waals surface area contributed by atoms with Gasteiger partial charge in [0.25, 0.3) is 0 Å². The highest BCUT2D eigenvalue weighted by Crippen LogP contribution is 2.29. The van der Waals surface area contributed by atoms with E-state index < -0.39 is 0 Å². The zero-order valence-electron chi connectivity index (χ0n) is 8.20. The third kappa shape index (κ3) is 2.13. The predicted octanol–water partition coefficient (Wildman–Crippen LogP) is 2.89. The Kier molecular flexibility index (Phi) is 3.15. The molecule has 0 heterocycles. The van der Waals surface area contributed by atoms with Gasteiger partial charge in [0.15, 0.2) is 0 Å². The van der Waals surface area contributed by atoms with Gasteiger partial charge < -0.3 is 4.79 Å². The van der Waals surface area contributed by atoms with Gasteiger partial charge in [-0.2, -0.15) is 0 Å². The highest BCUT2D eigenvalue weighted by atomic mass is 32.2. The van der Waals surface area contributed by atoms with Gasteiger partial charge in [-0.25, -0.2) is 0 Å². The van der Waals surface area contributed by atoms with Crippen molar-refractivity contribution in [2.24, 2.45) is 0 Å². The van der Waals surface area contributed by atoms with Gasteiger partial charge in [0.1, 0.15) is 6.29 Å². The Bertz CT molecular complexity index is 305. The number of rotatable bonds is 3. The number of thioether (sulfide) groups is 1. The summed E-state index contributed by atoms with van der Waals surface area (Å²) in [7, 11) is 0. The largest absolute Gasteiger partial charge is 0.302 e. The van der Waals surface area contributed by atoms with Gasteiger partial charge in [-0.3, -0.25) is 0 Å². The quantitative estimate of drug-likeness (QED) is 0.543. The molecule has 0 radical (unpaired) electrons. The van der Waals surface area contributed by atoms with Crippen LogP contribution in [0, 0.1) is 0 Å². The Morgan fingerprint density at radius 2 is 1.92 bits per heavy atom. The van der Waals surface area contributed by atoms with Crippen molar-refractivity contribution >= 4 is 18.0 Å². The van der Waals surface area contributed by atoms with Crippen LogP contribution in [0.2, 0.25) is 0 Å². The first-order valence-corrected chi connectivity index (χ1v) is 5.44. The Morgan fingerprint density at radius 1 is 1.31 bits per heavy atom. The van der Waals surface area contributed by atoms with Crippen LogP contribution in [-0.4, -0.2) is 12.5 Å². The number of hydrogen-bond donors (Lipinski definition) is 0. The smallest absolute Gasteiger partial charge is 0.130 e. The summed E-state index contributed by atoms with van der Waals surface area (Å²) in [5.41, 5.74) is 0.733. The maximum atomic E-state index is 10.9. The third-order valence-electron chi connectivity index (χ3n) is 2.10. The lowest BCUT2D eigenvalue weighted by atomic mass is 9.86. The molecule has 0 aliphatic carbocycles. The van der Waals surface area contributed by atoms with Crippen molar-refractivity contribution in [1.82, 2.24) is 0 Å². The van der Waals surface area contributed by atoms with E-state index >= 15 is 0 Å². The highest BCUT2D eigenvalue weighted by Gasteiger charge is 2.21. The predicted molar refractivity (Wildman–Crippen MR) is 57.3 cm³/mol. The van der Waals surface area contributed by atoms with Crippen molar-refractivity contribution in [2.75, 3.05) is 6.26 Å². The average Bonchev–Trinajstić information content (AvgIpc) is 2.18. The van der Waals surface area contributed by atoms with Crippen molar-refractivity contribution < 1.29 is 4.79 Å². The van der Waals surface area contributed by atoms with Crippen LogP contribution in [-0.2, 0) is 10.2 Å². The van der Waals surface area contributed by atoms with Crippen molar-refractivity contribution in [2.45, 2.75) is 24.2 Å². The maximum Gasteiger partial charge on any atom is 0.130 e. The summed E-state index contributed by atoms with van der Waals surface area (Å²) < 4.78 is 0. The minimum Gasteiger partial charge on any atom is -0.302 e. The van der Waals surface area contributed by atoms with Crippen molar-refractivity contribution in [3.05, 3.63) is 29.8 Å². The minimum atomic E-state index is -0.375. The molecular weight excluding hydrogens is 180 g/mol. The molecule has 0 saturated carbocycles. The second-order valence-electron chi connectivity index (χ2n) is 3.54. The van der Waals surface area contributed by atoms with Crippen LogP contribution < -0.4 is 0 Å². The van der Waals surface area contributed by atoms with E-state index in [1.165, 1.54) is 4.90 Å². The van der Waals surface area contributed by atoms with Crippen LogP contribution in [0.5, 0.6) is 0 Å². The normalized spacial score (nSPS) is 11.3. The van der Waals surface area contributed by atoms with Crippen LogP contribution in [0.15, 0.2) is 29.2 Å². The van der Waals surface area contributed by atoms with Crippen molar-refractivity contribution in [1.29, 1.82) is 0 Å². The van der Waals surface area contributed by atoms with E-state index in [4.69, 9.17) is 0 Å². The van der Waals surface area contributed by atoms with Gasteiger partial charge in [0, 0.05) is 10.3 Å². The molecule has 0 aliphatic rings. The van der Waals surface area contributed by atoms with E-state index in [1.807, 2.05) is 44.4 Å². The molecule has 1 nitrogen and oxygen atoms in total. The number of carbonyl (C=O) groups is 1. The number of hydrogen-bond acceptors (Lipinski definition) is 2. The van der Waals surface area contributed by atoms with Crippen molar-refractivity contribution in [3.8, 4) is 0 Å². The second-order valence-corrected chi connectivity index (χ2v) is 4.39. The number of carbonyl (C=O) groups excluding carboxylic acids is 1. The molecule has 2 heteroatoms. The molecule has 0 unspecified atom stereocenters. The first-order chi connectivity index (χ1) is 6.11. The first kappa shape index (κ1) is 10.3. The monoisotopic (exact) mass is 194 g/mol. The van der Waals surface area contributed by atoms with E-state index in [0.29, 0.717) is 0 Å². The minimum absolute atomic E-state index is 0.375. The Balaban J connectivity index is 3.20. The zero-order chi connectivity index (χ0) is 9.90. The molecule has 0 bridgehead atoms. The molecule has 13 heavy (non-hydrogen) atoms. The van der Waals surface area contributed by atoms with Gasteiger partial charge in [-0.1, -0.05) is 18.2 Å². The molecule has 0 fully saturated rings. The van der Waals surface area contributed by atoms with Crippen molar-refractivity contribution in [3.63, 3.8) is 0 Å². The van der Waals surface area contributed by atoms with Gasteiger partial charge in [0.2, 0.25) is 0 Å². The van der Waals surface area contributed by atoms with Gasteiger partial charge >= 0.3 is 0 Å².